The van der Waals surface area contributed by atoms with Crippen LogP contribution in [0.5, 0.6) is 0 Å². The molecule has 1 saturated carbocycles. The van der Waals surface area contributed by atoms with E-state index in [0.717, 1.165) is 24.9 Å². The third kappa shape index (κ3) is 4.27. The van der Waals surface area contributed by atoms with E-state index in [9.17, 15) is 14.4 Å². The maximum absolute atomic E-state index is 12.9. The minimum Gasteiger partial charge on any atom is -0.330 e. The molecule has 1 spiro atoms. The molecular formula is C19H21N5O3S2. The molecule has 4 rings (SSSR count). The highest BCUT2D eigenvalue weighted by atomic mass is 32.2. The van der Waals surface area contributed by atoms with Gasteiger partial charge in [0.15, 0.2) is 4.34 Å². The molecule has 8 nitrogen and oxygen atoms in total. The van der Waals surface area contributed by atoms with Gasteiger partial charge in [-0.15, -0.1) is 10.2 Å². The van der Waals surface area contributed by atoms with Crippen molar-refractivity contribution >= 4 is 51.6 Å². The van der Waals surface area contributed by atoms with Gasteiger partial charge in [-0.3, -0.25) is 19.7 Å². The van der Waals surface area contributed by atoms with Gasteiger partial charge in [-0.05, 0) is 25.0 Å². The highest BCUT2D eigenvalue weighted by Gasteiger charge is 2.50. The lowest BCUT2D eigenvalue weighted by molar-refractivity contribution is -0.158. The number of carbonyl (C=O) groups is 3. The SMILES string of the molecule is O=C1CN(C(=O)CSc2nnc(Nc3ccccc3)s2)C2(CCCCC2)C(=O)N1. The van der Waals surface area contributed by atoms with E-state index < -0.39 is 11.4 Å². The van der Waals surface area contributed by atoms with Crippen molar-refractivity contribution in [1.29, 1.82) is 0 Å². The largest absolute Gasteiger partial charge is 0.330 e. The number of carbonyl (C=O) groups excluding carboxylic acids is 3. The van der Waals surface area contributed by atoms with Crippen LogP contribution in [-0.4, -0.2) is 50.7 Å². The zero-order valence-corrected chi connectivity index (χ0v) is 17.4. The van der Waals surface area contributed by atoms with Crippen molar-refractivity contribution in [3.05, 3.63) is 30.3 Å². The molecule has 10 heteroatoms. The number of hydrogen-bond acceptors (Lipinski definition) is 8. The Morgan fingerprint density at radius 3 is 2.69 bits per heavy atom. The molecule has 2 fully saturated rings. The lowest BCUT2D eigenvalue weighted by atomic mass is 9.78. The Kier molecular flexibility index (Phi) is 5.81. The summed E-state index contributed by atoms with van der Waals surface area (Å²) in [5.74, 6) is -0.859. The van der Waals surface area contributed by atoms with Gasteiger partial charge in [-0.1, -0.05) is 60.6 Å². The van der Waals surface area contributed by atoms with Crippen LogP contribution >= 0.6 is 23.1 Å². The van der Waals surface area contributed by atoms with Crippen LogP contribution in [0.25, 0.3) is 0 Å². The summed E-state index contributed by atoms with van der Waals surface area (Å²) in [4.78, 5) is 38.9. The Balaban J connectivity index is 1.41. The van der Waals surface area contributed by atoms with E-state index in [2.05, 4.69) is 20.8 Å². The van der Waals surface area contributed by atoms with Crippen LogP contribution in [0, 0.1) is 0 Å². The van der Waals surface area contributed by atoms with Crippen molar-refractivity contribution in [3.63, 3.8) is 0 Å². The van der Waals surface area contributed by atoms with Crippen molar-refractivity contribution in [3.8, 4) is 0 Å². The Morgan fingerprint density at radius 2 is 1.93 bits per heavy atom. The van der Waals surface area contributed by atoms with Crippen molar-refractivity contribution in [2.24, 2.45) is 0 Å². The molecule has 0 unspecified atom stereocenters. The van der Waals surface area contributed by atoms with Crippen molar-refractivity contribution in [1.82, 2.24) is 20.4 Å². The van der Waals surface area contributed by atoms with Gasteiger partial charge >= 0.3 is 0 Å². The fourth-order valence-electron chi connectivity index (χ4n) is 3.83. The highest BCUT2D eigenvalue weighted by molar-refractivity contribution is 8.01. The number of amides is 3. The molecule has 3 amide bonds. The summed E-state index contributed by atoms with van der Waals surface area (Å²) in [6, 6.07) is 9.64. The molecule has 0 atom stereocenters. The summed E-state index contributed by atoms with van der Waals surface area (Å²) in [5, 5.41) is 14.4. The van der Waals surface area contributed by atoms with Gasteiger partial charge in [0.2, 0.25) is 16.9 Å². The van der Waals surface area contributed by atoms with E-state index in [4.69, 9.17) is 0 Å². The van der Waals surface area contributed by atoms with Crippen molar-refractivity contribution in [2.75, 3.05) is 17.6 Å². The van der Waals surface area contributed by atoms with Gasteiger partial charge in [0.25, 0.3) is 5.91 Å². The van der Waals surface area contributed by atoms with E-state index in [1.54, 1.807) is 0 Å². The molecule has 2 N–H and O–H groups in total. The molecule has 1 aromatic heterocycles. The average molecular weight is 432 g/mol. The highest BCUT2D eigenvalue weighted by Crippen LogP contribution is 2.36. The van der Waals surface area contributed by atoms with Gasteiger partial charge in [0, 0.05) is 5.69 Å². The summed E-state index contributed by atoms with van der Waals surface area (Å²) in [6.07, 6.45) is 4.01. The summed E-state index contributed by atoms with van der Waals surface area (Å²) in [6.45, 7) is -0.0674. The first-order valence-electron chi connectivity index (χ1n) is 9.50. The number of benzene rings is 1. The summed E-state index contributed by atoms with van der Waals surface area (Å²) < 4.78 is 0.655. The molecular weight excluding hydrogens is 410 g/mol. The summed E-state index contributed by atoms with van der Waals surface area (Å²) >= 11 is 2.63. The smallest absolute Gasteiger partial charge is 0.252 e. The number of hydrogen-bond donors (Lipinski definition) is 2. The number of aromatic nitrogens is 2. The minimum atomic E-state index is -0.884. The second-order valence-corrected chi connectivity index (χ2v) is 9.30. The van der Waals surface area contributed by atoms with Crippen LogP contribution in [-0.2, 0) is 14.4 Å². The third-order valence-corrected chi connectivity index (χ3v) is 7.18. The molecule has 152 valence electrons. The topological polar surface area (TPSA) is 104 Å². The zero-order chi connectivity index (χ0) is 20.3. The molecule has 0 radical (unpaired) electrons. The summed E-state index contributed by atoms with van der Waals surface area (Å²) in [5.41, 5.74) is 0.0265. The molecule has 1 saturated heterocycles. The molecule has 1 aliphatic carbocycles. The third-order valence-electron chi connectivity index (χ3n) is 5.23. The Hall–Kier alpha value is -2.46. The molecule has 0 bridgehead atoms. The second kappa shape index (κ2) is 8.50. The van der Waals surface area contributed by atoms with Gasteiger partial charge in [0.1, 0.15) is 12.1 Å². The normalized spacial score (nSPS) is 18.6. The van der Waals surface area contributed by atoms with Gasteiger partial charge < -0.3 is 10.2 Å². The van der Waals surface area contributed by atoms with Crippen LogP contribution in [0.1, 0.15) is 32.1 Å². The Bertz CT molecular complexity index is 912. The number of nitrogens with zero attached hydrogens (tertiary/aromatic N) is 3. The number of thioether (sulfide) groups is 1. The number of nitrogens with one attached hydrogen (secondary N) is 2. The second-order valence-electron chi connectivity index (χ2n) is 7.10. The number of imide groups is 1. The first kappa shape index (κ1) is 19.8. The van der Waals surface area contributed by atoms with Gasteiger partial charge in [-0.25, -0.2) is 0 Å². The Morgan fingerprint density at radius 1 is 1.17 bits per heavy atom. The van der Waals surface area contributed by atoms with Crippen LogP contribution < -0.4 is 10.6 Å². The number of rotatable bonds is 5. The van der Waals surface area contributed by atoms with Gasteiger partial charge in [-0.2, -0.15) is 0 Å². The molecule has 1 aromatic carbocycles. The predicted molar refractivity (Wildman–Crippen MR) is 111 cm³/mol. The number of anilines is 2. The van der Waals surface area contributed by atoms with Crippen LogP contribution in [0.15, 0.2) is 34.7 Å². The lowest BCUT2D eigenvalue weighted by Gasteiger charge is -2.47. The van der Waals surface area contributed by atoms with E-state index in [0.29, 0.717) is 22.3 Å². The predicted octanol–water partition coefficient (Wildman–Crippen LogP) is 2.56. The van der Waals surface area contributed by atoms with Crippen LogP contribution in [0.4, 0.5) is 10.8 Å². The Labute approximate surface area is 176 Å². The maximum Gasteiger partial charge on any atom is 0.252 e. The molecule has 2 heterocycles. The van der Waals surface area contributed by atoms with E-state index in [1.807, 2.05) is 30.3 Å². The molecule has 29 heavy (non-hydrogen) atoms. The van der Waals surface area contributed by atoms with E-state index in [-0.39, 0.29) is 24.1 Å². The number of piperazine rings is 1. The van der Waals surface area contributed by atoms with E-state index in [1.165, 1.54) is 28.0 Å². The lowest BCUT2D eigenvalue weighted by Crippen LogP contribution is -2.69. The first-order valence-corrected chi connectivity index (χ1v) is 11.3. The van der Waals surface area contributed by atoms with Crippen molar-refractivity contribution < 1.29 is 14.4 Å². The maximum atomic E-state index is 12.9. The number of para-hydroxylation sites is 1. The van der Waals surface area contributed by atoms with Crippen LogP contribution in [0.2, 0.25) is 0 Å². The van der Waals surface area contributed by atoms with Crippen molar-refractivity contribution in [2.45, 2.75) is 42.0 Å². The fraction of sp³-hybridized carbons (Fsp3) is 0.421. The quantitative estimate of drug-likeness (QED) is 0.554. The molecule has 2 aromatic rings. The van der Waals surface area contributed by atoms with Gasteiger partial charge in [0.05, 0.1) is 5.75 Å². The molecule has 1 aliphatic heterocycles. The average Bonchev–Trinajstić information content (AvgIpc) is 3.18. The minimum absolute atomic E-state index is 0.0674. The van der Waals surface area contributed by atoms with Crippen LogP contribution in [0.3, 0.4) is 0 Å². The monoisotopic (exact) mass is 431 g/mol. The summed E-state index contributed by atoms with van der Waals surface area (Å²) in [7, 11) is 0. The molecule has 2 aliphatic rings. The first-order chi connectivity index (χ1) is 14.1. The standard InChI is InChI=1S/C19H21N5O3S2/c25-14-11-24(19(16(27)21-14)9-5-2-6-10-19)15(26)12-28-18-23-22-17(29-18)20-13-7-3-1-4-8-13/h1,3-4,7-8H,2,5-6,9-12H2,(H,20,22)(H,21,25,27). The zero-order valence-electron chi connectivity index (χ0n) is 15.7. The fourth-order valence-corrected chi connectivity index (χ4v) is 5.47. The van der Waals surface area contributed by atoms with E-state index >= 15 is 0 Å².